The number of benzene rings is 2. The topological polar surface area (TPSA) is 138 Å². The molecule has 0 aliphatic heterocycles. The fraction of sp³-hybridized carbons (Fsp3) is 0.0870. The molecule has 0 bridgehead atoms. The predicted octanol–water partition coefficient (Wildman–Crippen LogP) is 4.41. The van der Waals surface area contributed by atoms with Crippen LogP contribution in [-0.4, -0.2) is 31.8 Å². The highest BCUT2D eigenvalue weighted by Crippen LogP contribution is 2.24. The fourth-order valence-electron chi connectivity index (χ4n) is 3.45. The zero-order valence-electron chi connectivity index (χ0n) is 17.8. The summed E-state index contributed by atoms with van der Waals surface area (Å²) in [6.07, 6.45) is 1.83. The average Bonchev–Trinajstić information content (AvgIpc) is 2.79. The summed E-state index contributed by atoms with van der Waals surface area (Å²) in [6, 6.07) is 13.4. The van der Waals surface area contributed by atoms with E-state index in [0.717, 1.165) is 0 Å². The summed E-state index contributed by atoms with van der Waals surface area (Å²) in [6.45, 7) is 1.58. The molecule has 172 valence electrons. The highest BCUT2D eigenvalue weighted by atomic mass is 35.5. The Hall–Kier alpha value is -4.44. The molecule has 2 aromatic heterocycles. The maximum Gasteiger partial charge on any atom is 0.405 e. The van der Waals surface area contributed by atoms with Gasteiger partial charge in [-0.2, -0.15) is 0 Å². The van der Waals surface area contributed by atoms with Crippen molar-refractivity contribution >= 4 is 46.0 Å². The Morgan fingerprint density at radius 1 is 1.06 bits per heavy atom. The lowest BCUT2D eigenvalue weighted by Crippen LogP contribution is -2.32. The molecule has 0 spiro atoms. The number of pyridine rings is 1. The molecule has 0 aliphatic carbocycles. The van der Waals surface area contributed by atoms with E-state index in [9.17, 15) is 19.5 Å². The Labute approximate surface area is 198 Å². The second kappa shape index (κ2) is 9.59. The Morgan fingerprint density at radius 3 is 2.53 bits per heavy atom. The third-order valence-electron chi connectivity index (χ3n) is 4.88. The largest absolute Gasteiger partial charge is 0.465 e. The zero-order chi connectivity index (χ0) is 24.2. The van der Waals surface area contributed by atoms with Gasteiger partial charge in [0.25, 0.3) is 5.56 Å². The van der Waals surface area contributed by atoms with Crippen molar-refractivity contribution in [3.8, 4) is 5.69 Å². The number of rotatable bonds is 5. The van der Waals surface area contributed by atoms with Crippen LogP contribution in [0.1, 0.15) is 18.8 Å². The van der Waals surface area contributed by atoms with Gasteiger partial charge in [0.15, 0.2) is 0 Å². The van der Waals surface area contributed by atoms with E-state index < -0.39 is 23.7 Å². The molecule has 4 rings (SSSR count). The lowest BCUT2D eigenvalue weighted by Gasteiger charge is -2.19. The normalized spacial score (nSPS) is 11.6. The van der Waals surface area contributed by atoms with Crippen LogP contribution in [-0.2, 0) is 0 Å². The van der Waals surface area contributed by atoms with E-state index in [1.54, 1.807) is 67.7 Å². The van der Waals surface area contributed by atoms with Crippen molar-refractivity contribution in [2.24, 2.45) is 0 Å². The number of carbonyl (C=O) groups is 2. The minimum Gasteiger partial charge on any atom is -0.465 e. The van der Waals surface area contributed by atoms with Gasteiger partial charge >= 0.3 is 12.1 Å². The van der Waals surface area contributed by atoms with Crippen molar-refractivity contribution in [2.75, 3.05) is 10.6 Å². The molecule has 4 aromatic rings. The van der Waals surface area contributed by atoms with Crippen molar-refractivity contribution in [1.82, 2.24) is 19.9 Å². The van der Waals surface area contributed by atoms with Gasteiger partial charge in [-0.1, -0.05) is 23.7 Å². The number of halogens is 1. The molecular formula is C23H19ClN6O4. The maximum atomic E-state index is 13.5. The highest BCUT2D eigenvalue weighted by molar-refractivity contribution is 6.35. The number of aromatic nitrogens is 3. The van der Waals surface area contributed by atoms with Crippen molar-refractivity contribution in [1.29, 1.82) is 0 Å². The molecule has 2 heterocycles. The number of hydrogen-bond acceptors (Lipinski definition) is 5. The molecule has 4 N–H and O–H groups in total. The highest BCUT2D eigenvalue weighted by Gasteiger charge is 2.21. The van der Waals surface area contributed by atoms with Crippen LogP contribution in [0.15, 0.2) is 71.8 Å². The molecule has 11 heteroatoms. The van der Waals surface area contributed by atoms with Gasteiger partial charge in [0.2, 0.25) is 0 Å². The van der Waals surface area contributed by atoms with Gasteiger partial charge in [0, 0.05) is 11.9 Å². The van der Waals surface area contributed by atoms with E-state index in [2.05, 4.69) is 25.9 Å². The quantitative estimate of drug-likeness (QED) is 0.335. The molecular weight excluding hydrogens is 460 g/mol. The predicted molar refractivity (Wildman–Crippen MR) is 129 cm³/mol. The molecule has 0 aliphatic rings. The van der Waals surface area contributed by atoms with Gasteiger partial charge in [0.05, 0.1) is 39.5 Å². The summed E-state index contributed by atoms with van der Waals surface area (Å²) in [5.41, 5.74) is 1.15. The minimum atomic E-state index is -1.26. The second-order valence-electron chi connectivity index (χ2n) is 7.29. The molecule has 3 amide bonds. The summed E-state index contributed by atoms with van der Waals surface area (Å²) in [7, 11) is 0. The van der Waals surface area contributed by atoms with Gasteiger partial charge in [-0.3, -0.25) is 14.3 Å². The Bertz CT molecular complexity index is 1440. The van der Waals surface area contributed by atoms with Crippen molar-refractivity contribution in [3.63, 3.8) is 0 Å². The van der Waals surface area contributed by atoms with E-state index in [0.29, 0.717) is 22.6 Å². The van der Waals surface area contributed by atoms with Crippen LogP contribution >= 0.6 is 11.6 Å². The van der Waals surface area contributed by atoms with Crippen molar-refractivity contribution < 1.29 is 14.7 Å². The van der Waals surface area contributed by atoms with E-state index >= 15 is 0 Å². The van der Waals surface area contributed by atoms with Gasteiger partial charge in [-0.25, -0.2) is 14.6 Å². The summed E-state index contributed by atoms with van der Waals surface area (Å²) in [4.78, 5) is 45.6. The van der Waals surface area contributed by atoms with Gasteiger partial charge in [0.1, 0.15) is 5.82 Å². The van der Waals surface area contributed by atoms with Crippen LogP contribution in [0, 0.1) is 0 Å². The zero-order valence-corrected chi connectivity index (χ0v) is 18.6. The molecule has 1 unspecified atom stereocenters. The van der Waals surface area contributed by atoms with Crippen LogP contribution in [0.5, 0.6) is 0 Å². The number of urea groups is 1. The van der Waals surface area contributed by atoms with Crippen LogP contribution in [0.3, 0.4) is 0 Å². The molecule has 34 heavy (non-hydrogen) atoms. The van der Waals surface area contributed by atoms with Crippen molar-refractivity contribution in [3.05, 3.63) is 88.2 Å². The monoisotopic (exact) mass is 478 g/mol. The molecule has 10 nitrogen and oxygen atoms in total. The van der Waals surface area contributed by atoms with E-state index in [1.807, 2.05) is 0 Å². The lowest BCUT2D eigenvalue weighted by molar-refractivity contribution is 0.190. The number of carbonyl (C=O) groups excluding carboxylic acids is 1. The van der Waals surface area contributed by atoms with E-state index in [-0.39, 0.29) is 16.2 Å². The first-order valence-corrected chi connectivity index (χ1v) is 10.5. The Balaban J connectivity index is 1.77. The molecule has 0 radical (unpaired) electrons. The Kier molecular flexibility index (Phi) is 6.42. The first-order valence-electron chi connectivity index (χ1n) is 10.1. The summed E-state index contributed by atoms with van der Waals surface area (Å²) in [5.74, 6) is 0.166. The SMILES string of the molecule is CC(NC(=O)O)c1nc2cccc(Cl)c2c(=O)n1-c1cccc(NC(=O)Nc2cccnc2)c1. The van der Waals surface area contributed by atoms with Gasteiger partial charge in [-0.05, 0) is 49.4 Å². The number of nitrogens with one attached hydrogen (secondary N) is 3. The molecule has 0 saturated carbocycles. The first-order chi connectivity index (χ1) is 16.3. The Morgan fingerprint density at radius 2 is 1.79 bits per heavy atom. The standard InChI is InChI=1S/C23H19ClN6O4/c1-13(26-23(33)34)20-29-18-9-3-8-17(24)19(18)21(31)30(20)16-7-2-5-14(11-16)27-22(32)28-15-6-4-10-25-12-15/h2-13,26H,1H3,(H,33,34)(H2,27,28,32). The summed E-state index contributed by atoms with van der Waals surface area (Å²) >= 11 is 6.28. The molecule has 2 aromatic carbocycles. The third-order valence-corrected chi connectivity index (χ3v) is 5.20. The number of nitrogens with zero attached hydrogens (tertiary/aromatic N) is 3. The van der Waals surface area contributed by atoms with Crippen LogP contribution in [0.25, 0.3) is 16.6 Å². The van der Waals surface area contributed by atoms with Crippen LogP contribution < -0.4 is 21.5 Å². The van der Waals surface area contributed by atoms with Crippen LogP contribution in [0.4, 0.5) is 21.0 Å². The summed E-state index contributed by atoms with van der Waals surface area (Å²) < 4.78 is 1.28. The fourth-order valence-corrected chi connectivity index (χ4v) is 3.70. The average molecular weight is 479 g/mol. The van der Waals surface area contributed by atoms with Crippen molar-refractivity contribution in [2.45, 2.75) is 13.0 Å². The van der Waals surface area contributed by atoms with E-state index in [4.69, 9.17) is 11.6 Å². The second-order valence-corrected chi connectivity index (χ2v) is 7.69. The van der Waals surface area contributed by atoms with Gasteiger partial charge in [-0.15, -0.1) is 0 Å². The molecule has 1 atom stereocenters. The van der Waals surface area contributed by atoms with Crippen LogP contribution in [0.2, 0.25) is 5.02 Å². The number of carboxylic acid groups (broad SMARTS) is 1. The summed E-state index contributed by atoms with van der Waals surface area (Å²) in [5, 5.41) is 17.3. The minimum absolute atomic E-state index is 0.166. The lowest BCUT2D eigenvalue weighted by atomic mass is 10.2. The molecule has 0 fully saturated rings. The van der Waals surface area contributed by atoms with Gasteiger partial charge < -0.3 is 21.1 Å². The number of amides is 3. The number of fused-ring (bicyclic) bond motifs is 1. The maximum absolute atomic E-state index is 13.5. The smallest absolute Gasteiger partial charge is 0.405 e. The third kappa shape index (κ3) is 4.81. The molecule has 0 saturated heterocycles. The first kappa shape index (κ1) is 22.7. The number of anilines is 2. The van der Waals surface area contributed by atoms with E-state index in [1.165, 1.54) is 10.8 Å². The number of hydrogen-bond donors (Lipinski definition) is 4.